The van der Waals surface area contributed by atoms with E-state index in [0.717, 1.165) is 5.56 Å². The Morgan fingerprint density at radius 1 is 1.16 bits per heavy atom. The number of aryl methyl sites for hydroxylation is 1. The van der Waals surface area contributed by atoms with Crippen molar-refractivity contribution in [1.82, 2.24) is 0 Å². The van der Waals surface area contributed by atoms with Crippen LogP contribution < -0.4 is 0 Å². The predicted molar refractivity (Wildman–Crippen MR) is 77.7 cm³/mol. The van der Waals surface area contributed by atoms with E-state index in [0.29, 0.717) is 5.02 Å². The van der Waals surface area contributed by atoms with Crippen LogP contribution in [-0.4, -0.2) is 10.9 Å². The number of phenols is 1. The Kier molecular flexibility index (Phi) is 4.03. The fourth-order valence-electron chi connectivity index (χ4n) is 1.65. The third-order valence-electron chi connectivity index (χ3n) is 2.73. The van der Waals surface area contributed by atoms with Gasteiger partial charge in [0.1, 0.15) is 5.75 Å². The monoisotopic (exact) mass is 272 g/mol. The van der Waals surface area contributed by atoms with Gasteiger partial charge in [0, 0.05) is 5.02 Å². The highest BCUT2D eigenvalue weighted by Gasteiger charge is 2.08. The molecule has 2 nitrogen and oxygen atoms in total. The SMILES string of the molecule is Cc1ccc(/C=C/C(=O)c2ccc(Cl)cc2O)cc1. The van der Waals surface area contributed by atoms with Gasteiger partial charge in [0.2, 0.25) is 0 Å². The van der Waals surface area contributed by atoms with Crippen LogP contribution in [0.25, 0.3) is 6.08 Å². The second kappa shape index (κ2) is 5.72. The molecule has 0 saturated carbocycles. The predicted octanol–water partition coefficient (Wildman–Crippen LogP) is 4.25. The standard InChI is InChI=1S/C16H13ClO2/c1-11-2-4-12(5-3-11)6-9-15(18)14-8-7-13(17)10-16(14)19/h2-10,19H,1H3/b9-6+. The fourth-order valence-corrected chi connectivity index (χ4v) is 1.82. The Labute approximate surface area is 117 Å². The summed E-state index contributed by atoms with van der Waals surface area (Å²) in [6, 6.07) is 12.3. The largest absolute Gasteiger partial charge is 0.507 e. The summed E-state index contributed by atoms with van der Waals surface area (Å²) in [5.74, 6) is -0.360. The second-order valence-electron chi connectivity index (χ2n) is 4.27. The number of carbonyl (C=O) groups is 1. The van der Waals surface area contributed by atoms with Gasteiger partial charge >= 0.3 is 0 Å². The number of hydrogen-bond donors (Lipinski definition) is 1. The Balaban J connectivity index is 2.18. The Hall–Kier alpha value is -2.06. The Morgan fingerprint density at radius 2 is 1.84 bits per heavy atom. The van der Waals surface area contributed by atoms with E-state index in [1.54, 1.807) is 12.1 Å². The van der Waals surface area contributed by atoms with Crippen molar-refractivity contribution in [2.45, 2.75) is 6.92 Å². The lowest BCUT2D eigenvalue weighted by molar-refractivity contribution is 0.104. The molecule has 0 saturated heterocycles. The highest BCUT2D eigenvalue weighted by atomic mass is 35.5. The lowest BCUT2D eigenvalue weighted by Crippen LogP contribution is -1.94. The van der Waals surface area contributed by atoms with E-state index in [2.05, 4.69) is 0 Å². The van der Waals surface area contributed by atoms with Crippen LogP contribution in [0, 0.1) is 6.92 Å². The quantitative estimate of drug-likeness (QED) is 0.670. The van der Waals surface area contributed by atoms with Crippen molar-refractivity contribution < 1.29 is 9.90 Å². The number of hydrogen-bond acceptors (Lipinski definition) is 2. The molecule has 0 heterocycles. The van der Waals surface area contributed by atoms with Gasteiger partial charge in [0.15, 0.2) is 5.78 Å². The highest BCUT2D eigenvalue weighted by Crippen LogP contribution is 2.22. The number of aromatic hydroxyl groups is 1. The molecule has 96 valence electrons. The van der Waals surface area contributed by atoms with E-state index in [-0.39, 0.29) is 17.1 Å². The summed E-state index contributed by atoms with van der Waals surface area (Å²) in [4.78, 5) is 11.9. The molecule has 19 heavy (non-hydrogen) atoms. The molecule has 0 spiro atoms. The molecular weight excluding hydrogens is 260 g/mol. The first-order valence-electron chi connectivity index (χ1n) is 5.84. The number of carbonyl (C=O) groups excluding carboxylic acids is 1. The lowest BCUT2D eigenvalue weighted by atomic mass is 10.1. The van der Waals surface area contributed by atoms with Crippen molar-refractivity contribution in [3.8, 4) is 5.75 Å². The molecule has 2 aromatic rings. The van der Waals surface area contributed by atoms with Gasteiger partial charge in [-0.2, -0.15) is 0 Å². The van der Waals surface area contributed by atoms with Crippen LogP contribution in [0.4, 0.5) is 0 Å². The average molecular weight is 273 g/mol. The average Bonchev–Trinajstić information content (AvgIpc) is 2.37. The summed E-state index contributed by atoms with van der Waals surface area (Å²) >= 11 is 5.72. The first kappa shape index (κ1) is 13.4. The molecule has 0 fully saturated rings. The topological polar surface area (TPSA) is 37.3 Å². The van der Waals surface area contributed by atoms with Gasteiger partial charge in [-0.3, -0.25) is 4.79 Å². The lowest BCUT2D eigenvalue weighted by Gasteiger charge is -2.00. The molecule has 2 rings (SSSR count). The fraction of sp³-hybridized carbons (Fsp3) is 0.0625. The second-order valence-corrected chi connectivity index (χ2v) is 4.71. The van der Waals surface area contributed by atoms with Gasteiger partial charge in [0.25, 0.3) is 0 Å². The van der Waals surface area contributed by atoms with E-state index in [1.165, 1.54) is 23.8 Å². The highest BCUT2D eigenvalue weighted by molar-refractivity contribution is 6.31. The van der Waals surface area contributed by atoms with Gasteiger partial charge in [-0.1, -0.05) is 47.5 Å². The summed E-state index contributed by atoms with van der Waals surface area (Å²) in [5, 5.41) is 10.1. The summed E-state index contributed by atoms with van der Waals surface area (Å²) < 4.78 is 0. The van der Waals surface area contributed by atoms with Gasteiger partial charge in [-0.15, -0.1) is 0 Å². The molecule has 0 radical (unpaired) electrons. The van der Waals surface area contributed by atoms with E-state index < -0.39 is 0 Å². The van der Waals surface area contributed by atoms with Crippen molar-refractivity contribution >= 4 is 23.5 Å². The maximum Gasteiger partial charge on any atom is 0.189 e. The van der Waals surface area contributed by atoms with Crippen molar-refractivity contribution in [3.63, 3.8) is 0 Å². The zero-order chi connectivity index (χ0) is 13.8. The molecule has 3 heteroatoms. The van der Waals surface area contributed by atoms with E-state index in [4.69, 9.17) is 11.6 Å². The first-order chi connectivity index (χ1) is 9.06. The van der Waals surface area contributed by atoms with Crippen LogP contribution in [-0.2, 0) is 0 Å². The first-order valence-corrected chi connectivity index (χ1v) is 6.21. The van der Waals surface area contributed by atoms with Gasteiger partial charge in [-0.25, -0.2) is 0 Å². The molecule has 0 unspecified atom stereocenters. The Bertz CT molecular complexity index is 628. The molecule has 1 N–H and O–H groups in total. The number of allylic oxidation sites excluding steroid dienone is 1. The molecule has 0 aliphatic heterocycles. The molecule has 0 aliphatic rings. The molecule has 0 atom stereocenters. The summed E-state index contributed by atoms with van der Waals surface area (Å²) in [5.41, 5.74) is 2.35. The minimum Gasteiger partial charge on any atom is -0.507 e. The van der Waals surface area contributed by atoms with E-state index >= 15 is 0 Å². The normalized spacial score (nSPS) is 10.8. The molecule has 0 amide bonds. The molecule has 0 bridgehead atoms. The number of ketones is 1. The molecule has 2 aromatic carbocycles. The van der Waals surface area contributed by atoms with Gasteiger partial charge < -0.3 is 5.11 Å². The third-order valence-corrected chi connectivity index (χ3v) is 2.96. The van der Waals surface area contributed by atoms with Crippen molar-refractivity contribution in [2.75, 3.05) is 0 Å². The summed E-state index contributed by atoms with van der Waals surface area (Å²) in [6.07, 6.45) is 3.16. The van der Waals surface area contributed by atoms with Crippen LogP contribution in [0.15, 0.2) is 48.5 Å². The molecular formula is C16H13ClO2. The molecule has 0 aromatic heterocycles. The Morgan fingerprint density at radius 3 is 2.47 bits per heavy atom. The maximum atomic E-state index is 11.9. The van der Waals surface area contributed by atoms with Gasteiger partial charge in [0.05, 0.1) is 5.56 Å². The van der Waals surface area contributed by atoms with Crippen LogP contribution in [0.5, 0.6) is 5.75 Å². The van der Waals surface area contributed by atoms with Crippen molar-refractivity contribution in [1.29, 1.82) is 0 Å². The zero-order valence-electron chi connectivity index (χ0n) is 10.4. The van der Waals surface area contributed by atoms with Crippen LogP contribution in [0.1, 0.15) is 21.5 Å². The maximum absolute atomic E-state index is 11.9. The van der Waals surface area contributed by atoms with Crippen LogP contribution in [0.2, 0.25) is 5.02 Å². The number of rotatable bonds is 3. The van der Waals surface area contributed by atoms with Crippen molar-refractivity contribution in [2.24, 2.45) is 0 Å². The third kappa shape index (κ3) is 3.46. The van der Waals surface area contributed by atoms with E-state index in [9.17, 15) is 9.90 Å². The van der Waals surface area contributed by atoms with Gasteiger partial charge in [-0.05, 0) is 36.8 Å². The van der Waals surface area contributed by atoms with Crippen molar-refractivity contribution in [3.05, 3.63) is 70.3 Å². The summed E-state index contributed by atoms with van der Waals surface area (Å²) in [6.45, 7) is 2.00. The smallest absolute Gasteiger partial charge is 0.189 e. The minimum absolute atomic E-state index is 0.106. The van der Waals surface area contributed by atoms with E-state index in [1.807, 2.05) is 31.2 Å². The number of phenolic OH excluding ortho intramolecular Hbond substituents is 1. The summed E-state index contributed by atoms with van der Waals surface area (Å²) in [7, 11) is 0. The number of benzene rings is 2. The minimum atomic E-state index is -0.255. The zero-order valence-corrected chi connectivity index (χ0v) is 11.2. The molecule has 0 aliphatic carbocycles. The number of halogens is 1. The van der Waals surface area contributed by atoms with Crippen LogP contribution >= 0.6 is 11.6 Å². The van der Waals surface area contributed by atoms with Crippen LogP contribution in [0.3, 0.4) is 0 Å².